The minimum Gasteiger partial charge on any atom is -1.00 e. The van der Waals surface area contributed by atoms with Crippen LogP contribution >= 0.6 is 11.8 Å². The first-order valence-electron chi connectivity index (χ1n) is 17.0. The molecule has 292 valence electrons. The Balaban J connectivity index is 0.00000580. The zero-order valence-corrected chi connectivity index (χ0v) is 32.6. The van der Waals surface area contributed by atoms with Crippen molar-refractivity contribution < 1.29 is 72.1 Å². The van der Waals surface area contributed by atoms with Crippen molar-refractivity contribution >= 4 is 47.0 Å². The van der Waals surface area contributed by atoms with Crippen molar-refractivity contribution in [2.45, 2.75) is 70.0 Å². The number of rotatable bonds is 14. The van der Waals surface area contributed by atoms with E-state index in [1.807, 2.05) is 11.5 Å². The fraction of sp³-hybridized carbons (Fsp3) is 0.400. The maximum atomic E-state index is 13.8. The van der Waals surface area contributed by atoms with E-state index in [9.17, 15) is 44.5 Å². The third-order valence-corrected chi connectivity index (χ3v) is 11.2. The predicted molar refractivity (Wildman–Crippen MR) is 188 cm³/mol. The molecule has 0 unspecified atom stereocenters. The molecule has 0 aliphatic carbocycles. The average Bonchev–Trinajstić information content (AvgIpc) is 3.81. The van der Waals surface area contributed by atoms with Gasteiger partial charge in [-0.15, -0.1) is 11.8 Å². The van der Waals surface area contributed by atoms with Gasteiger partial charge in [0.2, 0.25) is 12.2 Å². The summed E-state index contributed by atoms with van der Waals surface area (Å²) in [7, 11) is 0. The summed E-state index contributed by atoms with van der Waals surface area (Å²) in [5.41, 5.74) is 6.26. The summed E-state index contributed by atoms with van der Waals surface area (Å²) in [6.45, 7) is 3.56. The Labute approximate surface area is 335 Å². The summed E-state index contributed by atoms with van der Waals surface area (Å²) >= 11 is 1.36. The van der Waals surface area contributed by atoms with E-state index in [4.69, 9.17) is 15.2 Å². The molecule has 55 heavy (non-hydrogen) atoms. The monoisotopic (exact) mass is 891 g/mol. The third-order valence-electron chi connectivity index (χ3n) is 9.74. The van der Waals surface area contributed by atoms with E-state index in [2.05, 4.69) is 0 Å². The highest BCUT2D eigenvalue weighted by Crippen LogP contribution is 2.52. The highest BCUT2D eigenvalue weighted by atomic mass is 127. The van der Waals surface area contributed by atoms with Crippen molar-refractivity contribution in [1.82, 2.24) is 14.4 Å². The fourth-order valence-corrected chi connectivity index (χ4v) is 8.70. The van der Waals surface area contributed by atoms with E-state index in [0.717, 1.165) is 0 Å². The van der Waals surface area contributed by atoms with Gasteiger partial charge in [-0.05, 0) is 48.7 Å². The largest absolute Gasteiger partial charge is 1.00 e. The molecule has 6 atom stereocenters. The molecule has 20 heteroatoms. The maximum absolute atomic E-state index is 13.8. The summed E-state index contributed by atoms with van der Waals surface area (Å²) in [5.74, 6) is -2.76. The van der Waals surface area contributed by atoms with Gasteiger partial charge in [-0.3, -0.25) is 29.8 Å². The van der Waals surface area contributed by atoms with Gasteiger partial charge in [-0.2, -0.15) is 0 Å². The van der Waals surface area contributed by atoms with Crippen molar-refractivity contribution in [1.29, 1.82) is 0 Å². The molecule has 2 aromatic carbocycles. The normalized spacial score (nSPS) is 22.0. The first-order valence-corrected chi connectivity index (χ1v) is 17.9. The Morgan fingerprint density at radius 3 is 2.15 bits per heavy atom. The molecule has 0 spiro atoms. The average molecular weight is 892 g/mol. The number of carbonyl (C=O) groups is 4. The number of primary amides is 1. The number of aliphatic hydroxyl groups excluding tert-OH is 1. The van der Waals surface area contributed by atoms with Crippen molar-refractivity contribution in [2.75, 3.05) is 6.54 Å². The molecular formula is C35H38IN7O11S. The van der Waals surface area contributed by atoms with E-state index >= 15 is 0 Å². The van der Waals surface area contributed by atoms with E-state index in [1.165, 1.54) is 72.1 Å². The van der Waals surface area contributed by atoms with Crippen LogP contribution in [0.15, 0.2) is 77.9 Å². The van der Waals surface area contributed by atoms with Gasteiger partial charge in [0.15, 0.2) is 6.54 Å². The molecule has 18 nitrogen and oxygen atoms in total. The number of benzene rings is 2. The Hall–Kier alpha value is -5.09. The summed E-state index contributed by atoms with van der Waals surface area (Å²) in [6, 6.07) is 10.3. The minimum absolute atomic E-state index is 0. The molecule has 3 aliphatic heterocycles. The zero-order valence-electron chi connectivity index (χ0n) is 29.6. The van der Waals surface area contributed by atoms with Gasteiger partial charge in [0.25, 0.3) is 17.3 Å². The number of hydrogen-bond donors (Lipinski definition) is 2. The van der Waals surface area contributed by atoms with Crippen molar-refractivity contribution in [3.05, 3.63) is 109 Å². The van der Waals surface area contributed by atoms with Gasteiger partial charge in [0.05, 0.1) is 34.0 Å². The minimum atomic E-state index is -0.960. The molecule has 6 rings (SSSR count). The van der Waals surface area contributed by atoms with Crippen LogP contribution in [0.5, 0.6) is 0 Å². The summed E-state index contributed by atoms with van der Waals surface area (Å²) in [5, 5.41) is 32.3. The van der Waals surface area contributed by atoms with E-state index < -0.39 is 57.8 Å². The van der Waals surface area contributed by atoms with Gasteiger partial charge < -0.3 is 54.1 Å². The number of β-lactam (4-membered cyclic amide) rings is 1. The van der Waals surface area contributed by atoms with Gasteiger partial charge in [-0.1, -0.05) is 6.92 Å². The van der Waals surface area contributed by atoms with Crippen LogP contribution in [0.3, 0.4) is 0 Å². The van der Waals surface area contributed by atoms with Crippen LogP contribution in [0.1, 0.15) is 31.4 Å². The van der Waals surface area contributed by atoms with Crippen LogP contribution in [-0.4, -0.2) is 83.2 Å². The number of carbonyl (C=O) groups excluding carboxylic acids is 4. The number of nitrogens with zero attached hydrogens (tertiary/aromatic N) is 6. The molecule has 0 bridgehead atoms. The number of imidazole rings is 1. The quantitative estimate of drug-likeness (QED) is 0.0516. The summed E-state index contributed by atoms with van der Waals surface area (Å²) < 4.78 is 14.7. The van der Waals surface area contributed by atoms with Crippen LogP contribution in [0.4, 0.5) is 16.2 Å². The zero-order chi connectivity index (χ0) is 38.8. The number of aromatic nitrogens is 2. The SMILES string of the molecule is C[C@@H](O)[C@H]1C(=O)N2C(C(=O)OCc3ccc([N+](=O)[O-])cc3)=C(S[C@H]3C[C@@H](Cn4cc[n+](CC(N)=O)c4)N(C(=O)OCc4ccc([N+](=O)[O-])cc4)C3)[C@H](C)[C@H]12.[I-]. The number of halogens is 1. The number of amides is 3. The van der Waals surface area contributed by atoms with Crippen LogP contribution < -0.4 is 34.3 Å². The van der Waals surface area contributed by atoms with Crippen LogP contribution in [0.25, 0.3) is 0 Å². The van der Waals surface area contributed by atoms with Gasteiger partial charge in [-0.25, -0.2) is 18.7 Å². The lowest BCUT2D eigenvalue weighted by Crippen LogP contribution is -3.00. The second kappa shape index (κ2) is 17.1. The van der Waals surface area contributed by atoms with Crippen LogP contribution in [0.2, 0.25) is 0 Å². The smallest absolute Gasteiger partial charge is 0.410 e. The highest BCUT2D eigenvalue weighted by Gasteiger charge is 2.60. The van der Waals surface area contributed by atoms with Crippen molar-refractivity contribution in [3.63, 3.8) is 0 Å². The Morgan fingerprint density at radius 1 is 1.02 bits per heavy atom. The van der Waals surface area contributed by atoms with Crippen molar-refractivity contribution in [2.24, 2.45) is 17.6 Å². The number of esters is 1. The van der Waals surface area contributed by atoms with Crippen molar-refractivity contribution in [3.8, 4) is 0 Å². The van der Waals surface area contributed by atoms with Gasteiger partial charge in [0.1, 0.15) is 37.8 Å². The van der Waals surface area contributed by atoms with Gasteiger partial charge >= 0.3 is 12.1 Å². The first-order chi connectivity index (χ1) is 25.7. The number of likely N-dealkylation sites (tertiary alicyclic amines) is 1. The molecule has 3 aromatic rings. The maximum Gasteiger partial charge on any atom is 0.410 e. The Kier molecular flexibility index (Phi) is 12.8. The topological polar surface area (TPSA) is 235 Å². The number of ether oxygens (including phenoxy) is 2. The molecule has 3 aliphatic rings. The van der Waals surface area contributed by atoms with E-state index in [0.29, 0.717) is 29.0 Å². The number of nitrogens with two attached hydrogens (primary N) is 1. The van der Waals surface area contributed by atoms with E-state index in [-0.39, 0.29) is 78.5 Å². The molecule has 2 saturated heterocycles. The number of nitro groups is 2. The molecule has 4 heterocycles. The number of nitro benzene ring substituents is 2. The molecule has 0 saturated carbocycles. The number of hydrogen-bond acceptors (Lipinski definition) is 12. The third kappa shape index (κ3) is 8.91. The molecule has 3 amide bonds. The number of aliphatic hydroxyl groups is 1. The van der Waals surface area contributed by atoms with Crippen LogP contribution in [-0.2, 0) is 50.2 Å². The molecule has 3 N–H and O–H groups in total. The summed E-state index contributed by atoms with van der Waals surface area (Å²) in [6.07, 6.45) is 3.99. The molecule has 1 aromatic heterocycles. The molecule has 0 radical (unpaired) electrons. The Bertz CT molecular complexity index is 2010. The lowest BCUT2D eigenvalue weighted by molar-refractivity contribution is -0.683. The number of non-ortho nitro benzene ring substituents is 2. The van der Waals surface area contributed by atoms with Crippen LogP contribution in [0, 0.1) is 32.1 Å². The lowest BCUT2D eigenvalue weighted by atomic mass is 9.79. The fourth-order valence-electron chi connectivity index (χ4n) is 7.14. The standard InChI is InChI=1S/C35H37N7O11S.HI/c1-20-30-29(21(2)43)33(45)40(30)31(34(46)52-17-22-3-7-24(8-4-22)41(48)49)32(20)54-27-13-26(14-37-11-12-38(19-37)16-28(36)44)39(15-27)35(47)53-18-23-5-9-25(10-6-23)42(50)51;/h3-12,19-21,26-27,29-30,43H,13-18H2,1-2H3,(H-,36,44);1H/t20-,21-,26+,27+,29-,30-;/m1./s1. The highest BCUT2D eigenvalue weighted by molar-refractivity contribution is 8.03. The number of fused-ring (bicyclic) bond motifs is 1. The second-order valence-electron chi connectivity index (χ2n) is 13.5. The number of thioether (sulfide) groups is 1. The van der Waals surface area contributed by atoms with Gasteiger partial charge in [0, 0.05) is 46.9 Å². The molecular weight excluding hydrogens is 853 g/mol. The molecule has 2 fully saturated rings. The second-order valence-corrected chi connectivity index (χ2v) is 14.8. The predicted octanol–water partition coefficient (Wildman–Crippen LogP) is -0.593. The lowest BCUT2D eigenvalue weighted by Gasteiger charge is -2.46. The summed E-state index contributed by atoms with van der Waals surface area (Å²) in [4.78, 5) is 76.8. The Morgan fingerprint density at radius 2 is 1.60 bits per heavy atom. The first kappa shape index (κ1) is 41.1. The van der Waals surface area contributed by atoms with E-state index in [1.54, 1.807) is 28.2 Å².